The molecule has 0 aliphatic heterocycles. The number of rotatable bonds is 5. The van der Waals surface area contributed by atoms with E-state index in [-0.39, 0.29) is 6.04 Å². The summed E-state index contributed by atoms with van der Waals surface area (Å²) < 4.78 is 8.20. The van der Waals surface area contributed by atoms with Crippen molar-refractivity contribution in [1.82, 2.24) is 15.1 Å². The highest BCUT2D eigenvalue weighted by molar-refractivity contribution is 9.10. The maximum absolute atomic E-state index is 5.51. The van der Waals surface area contributed by atoms with E-state index in [0.29, 0.717) is 6.04 Å². The fourth-order valence-corrected chi connectivity index (χ4v) is 2.13. The van der Waals surface area contributed by atoms with Crippen molar-refractivity contribution in [3.8, 4) is 0 Å². The Morgan fingerprint density at radius 3 is 2.88 bits per heavy atom. The van der Waals surface area contributed by atoms with E-state index in [4.69, 9.17) is 4.42 Å². The van der Waals surface area contributed by atoms with Crippen molar-refractivity contribution >= 4 is 15.9 Å². The van der Waals surface area contributed by atoms with E-state index in [1.807, 2.05) is 29.1 Å². The van der Waals surface area contributed by atoms with Crippen LogP contribution in [0.4, 0.5) is 0 Å². The molecule has 0 bridgehead atoms. The molecular formula is C12H16BrN3O. The summed E-state index contributed by atoms with van der Waals surface area (Å²) in [4.78, 5) is 0. The summed E-state index contributed by atoms with van der Waals surface area (Å²) in [5.74, 6) is 0.934. The monoisotopic (exact) mass is 297 g/mol. The highest BCUT2D eigenvalue weighted by Gasteiger charge is 2.13. The summed E-state index contributed by atoms with van der Waals surface area (Å²) in [5, 5.41) is 7.66. The van der Waals surface area contributed by atoms with Crippen LogP contribution in [0.1, 0.15) is 25.6 Å². The summed E-state index contributed by atoms with van der Waals surface area (Å²) in [6, 6.07) is 6.33. The topological polar surface area (TPSA) is 43.0 Å². The first-order valence-corrected chi connectivity index (χ1v) is 6.43. The molecule has 5 heteroatoms. The van der Waals surface area contributed by atoms with Gasteiger partial charge in [-0.3, -0.25) is 4.68 Å². The van der Waals surface area contributed by atoms with Gasteiger partial charge in [0.2, 0.25) is 0 Å². The van der Waals surface area contributed by atoms with Crippen LogP contribution in [0.3, 0.4) is 0 Å². The van der Waals surface area contributed by atoms with Crippen LogP contribution in [-0.4, -0.2) is 15.8 Å². The van der Waals surface area contributed by atoms with E-state index < -0.39 is 0 Å². The van der Waals surface area contributed by atoms with Gasteiger partial charge >= 0.3 is 0 Å². The van der Waals surface area contributed by atoms with Gasteiger partial charge in [-0.25, -0.2) is 0 Å². The van der Waals surface area contributed by atoms with Crippen molar-refractivity contribution in [3.05, 3.63) is 41.0 Å². The van der Waals surface area contributed by atoms with E-state index in [9.17, 15) is 0 Å². The van der Waals surface area contributed by atoms with Crippen LogP contribution in [0, 0.1) is 0 Å². The lowest BCUT2D eigenvalue weighted by Crippen LogP contribution is -2.32. The summed E-state index contributed by atoms with van der Waals surface area (Å²) >= 11 is 3.31. The van der Waals surface area contributed by atoms with Crippen molar-refractivity contribution < 1.29 is 4.42 Å². The first-order chi connectivity index (χ1) is 8.15. The lowest BCUT2D eigenvalue weighted by atomic mass is 10.2. The molecule has 0 fully saturated rings. The largest absolute Gasteiger partial charge is 0.453 e. The van der Waals surface area contributed by atoms with Gasteiger partial charge in [0.15, 0.2) is 4.67 Å². The van der Waals surface area contributed by atoms with E-state index in [1.165, 1.54) is 0 Å². The van der Waals surface area contributed by atoms with Gasteiger partial charge in [-0.2, -0.15) is 5.10 Å². The van der Waals surface area contributed by atoms with Crippen LogP contribution < -0.4 is 5.32 Å². The van der Waals surface area contributed by atoms with E-state index >= 15 is 0 Å². The molecule has 2 heterocycles. The van der Waals surface area contributed by atoms with E-state index in [0.717, 1.165) is 17.0 Å². The normalized spacial score (nSPS) is 14.8. The van der Waals surface area contributed by atoms with Crippen LogP contribution in [0.5, 0.6) is 0 Å². The summed E-state index contributed by atoms with van der Waals surface area (Å²) in [5.41, 5.74) is 0. The Morgan fingerprint density at radius 1 is 1.47 bits per heavy atom. The highest BCUT2D eigenvalue weighted by Crippen LogP contribution is 2.20. The zero-order chi connectivity index (χ0) is 12.3. The molecule has 0 saturated heterocycles. The zero-order valence-electron chi connectivity index (χ0n) is 9.93. The molecule has 0 aliphatic carbocycles. The Bertz CT molecular complexity index is 452. The number of hydrogen-bond donors (Lipinski definition) is 1. The average molecular weight is 298 g/mol. The SMILES string of the molecule is CC(Cn1cccn1)NC(C)c1ccc(Br)o1. The average Bonchev–Trinajstić information content (AvgIpc) is 2.89. The van der Waals surface area contributed by atoms with Gasteiger partial charge < -0.3 is 9.73 Å². The number of furan rings is 1. The molecule has 2 rings (SSSR count). The van der Waals surface area contributed by atoms with Gasteiger partial charge in [0.05, 0.1) is 12.6 Å². The molecule has 0 aliphatic rings. The van der Waals surface area contributed by atoms with E-state index in [2.05, 4.69) is 40.2 Å². The third-order valence-corrected chi connectivity index (χ3v) is 3.00. The first-order valence-electron chi connectivity index (χ1n) is 5.64. The van der Waals surface area contributed by atoms with Crippen molar-refractivity contribution in [3.63, 3.8) is 0 Å². The Balaban J connectivity index is 1.88. The molecule has 0 radical (unpaired) electrons. The standard InChI is InChI=1S/C12H16BrN3O/c1-9(8-16-7-3-6-14-16)15-10(2)11-4-5-12(13)17-11/h3-7,9-10,15H,8H2,1-2H3. The minimum Gasteiger partial charge on any atom is -0.453 e. The Morgan fingerprint density at radius 2 is 2.29 bits per heavy atom. The van der Waals surface area contributed by atoms with Crippen LogP contribution in [-0.2, 0) is 6.54 Å². The molecule has 0 spiro atoms. The number of nitrogens with zero attached hydrogens (tertiary/aromatic N) is 2. The van der Waals surface area contributed by atoms with Gasteiger partial charge in [-0.1, -0.05) is 0 Å². The molecular weight excluding hydrogens is 282 g/mol. The summed E-state index contributed by atoms with van der Waals surface area (Å²) in [7, 11) is 0. The predicted molar refractivity (Wildman–Crippen MR) is 69.6 cm³/mol. The maximum Gasteiger partial charge on any atom is 0.169 e. The van der Waals surface area contributed by atoms with Crippen LogP contribution in [0.25, 0.3) is 0 Å². The smallest absolute Gasteiger partial charge is 0.169 e. The van der Waals surface area contributed by atoms with Crippen LogP contribution in [0.15, 0.2) is 39.7 Å². The molecule has 2 unspecified atom stereocenters. The fraction of sp³-hybridized carbons (Fsp3) is 0.417. The van der Waals surface area contributed by atoms with Crippen molar-refractivity contribution in [2.75, 3.05) is 0 Å². The van der Waals surface area contributed by atoms with Gasteiger partial charge in [-0.05, 0) is 48.0 Å². The van der Waals surface area contributed by atoms with Gasteiger partial charge in [0.25, 0.3) is 0 Å². The molecule has 0 saturated carbocycles. The lowest BCUT2D eigenvalue weighted by Gasteiger charge is -2.18. The van der Waals surface area contributed by atoms with Crippen LogP contribution >= 0.6 is 15.9 Å². The van der Waals surface area contributed by atoms with Crippen molar-refractivity contribution in [2.45, 2.75) is 32.5 Å². The molecule has 1 N–H and O–H groups in total. The quantitative estimate of drug-likeness (QED) is 0.923. The number of aromatic nitrogens is 2. The van der Waals surface area contributed by atoms with Gasteiger partial charge in [0.1, 0.15) is 5.76 Å². The highest BCUT2D eigenvalue weighted by atomic mass is 79.9. The predicted octanol–water partition coefficient (Wildman–Crippen LogP) is 2.98. The van der Waals surface area contributed by atoms with Gasteiger partial charge in [0, 0.05) is 18.4 Å². The number of halogens is 1. The fourth-order valence-electron chi connectivity index (χ4n) is 1.81. The Kier molecular flexibility index (Phi) is 4.02. The molecule has 2 aromatic rings. The van der Waals surface area contributed by atoms with Crippen molar-refractivity contribution in [1.29, 1.82) is 0 Å². The van der Waals surface area contributed by atoms with Gasteiger partial charge in [-0.15, -0.1) is 0 Å². The molecule has 4 nitrogen and oxygen atoms in total. The molecule has 0 amide bonds. The van der Waals surface area contributed by atoms with E-state index in [1.54, 1.807) is 6.20 Å². The Hall–Kier alpha value is -1.07. The minimum atomic E-state index is 0.187. The third-order valence-electron chi connectivity index (χ3n) is 2.58. The second-order valence-corrected chi connectivity index (χ2v) is 4.94. The number of hydrogen-bond acceptors (Lipinski definition) is 3. The Labute approximate surface area is 109 Å². The second kappa shape index (κ2) is 5.51. The lowest BCUT2D eigenvalue weighted by molar-refractivity contribution is 0.363. The molecule has 0 aromatic carbocycles. The molecule has 2 aromatic heterocycles. The third kappa shape index (κ3) is 3.44. The van der Waals surface area contributed by atoms with Crippen LogP contribution in [0.2, 0.25) is 0 Å². The zero-order valence-corrected chi connectivity index (χ0v) is 11.5. The summed E-state index contributed by atoms with van der Waals surface area (Å²) in [6.07, 6.45) is 3.76. The second-order valence-electron chi connectivity index (χ2n) is 4.16. The van der Waals surface area contributed by atoms with Crippen molar-refractivity contribution in [2.24, 2.45) is 0 Å². The molecule has 17 heavy (non-hydrogen) atoms. The maximum atomic E-state index is 5.51. The first kappa shape index (κ1) is 12.4. The molecule has 2 atom stereocenters. The minimum absolute atomic E-state index is 0.187. The number of nitrogens with one attached hydrogen (secondary N) is 1. The molecule has 92 valence electrons. The summed E-state index contributed by atoms with van der Waals surface area (Å²) in [6.45, 7) is 5.07.